The molecule has 1 aliphatic carbocycles. The summed E-state index contributed by atoms with van der Waals surface area (Å²) in [6, 6.07) is 0.504. The topological polar surface area (TPSA) is 46.3 Å². The molecule has 0 heterocycles. The molecule has 0 aliphatic heterocycles. The second-order valence-corrected chi connectivity index (χ2v) is 6.67. The van der Waals surface area contributed by atoms with E-state index in [1.54, 1.807) is 0 Å². The molecule has 3 nitrogen and oxygen atoms in total. The van der Waals surface area contributed by atoms with E-state index in [1.165, 1.54) is 32.1 Å². The first-order valence-corrected chi connectivity index (χ1v) is 7.99. The molecule has 0 bridgehead atoms. The zero-order chi connectivity index (χ0) is 14.3. The maximum absolute atomic E-state index is 12.4. The Morgan fingerprint density at radius 3 is 2.37 bits per heavy atom. The molecule has 1 aliphatic rings. The van der Waals surface area contributed by atoms with Gasteiger partial charge in [0, 0.05) is 19.0 Å². The van der Waals surface area contributed by atoms with Crippen LogP contribution in [-0.4, -0.2) is 29.9 Å². The first kappa shape index (κ1) is 16.5. The largest absolute Gasteiger partial charge is 0.340 e. The Morgan fingerprint density at radius 2 is 1.84 bits per heavy atom. The van der Waals surface area contributed by atoms with Crippen molar-refractivity contribution in [3.63, 3.8) is 0 Å². The van der Waals surface area contributed by atoms with Crippen LogP contribution in [0.1, 0.15) is 72.1 Å². The lowest BCUT2D eigenvalue weighted by Crippen LogP contribution is -2.41. The maximum Gasteiger partial charge on any atom is 0.222 e. The van der Waals surface area contributed by atoms with Gasteiger partial charge in [-0.15, -0.1) is 0 Å². The minimum absolute atomic E-state index is 0.191. The van der Waals surface area contributed by atoms with Gasteiger partial charge in [-0.3, -0.25) is 4.79 Å². The van der Waals surface area contributed by atoms with Gasteiger partial charge in [0.05, 0.1) is 0 Å². The Hall–Kier alpha value is -0.570. The van der Waals surface area contributed by atoms with Crippen molar-refractivity contribution in [2.24, 2.45) is 11.1 Å². The summed E-state index contributed by atoms with van der Waals surface area (Å²) in [7, 11) is 0. The summed E-state index contributed by atoms with van der Waals surface area (Å²) in [6.45, 7) is 8.10. The fraction of sp³-hybridized carbons (Fsp3) is 0.938. The predicted octanol–water partition coefficient (Wildman–Crippen LogP) is 3.32. The Morgan fingerprint density at radius 1 is 1.21 bits per heavy atom. The molecular weight excluding hydrogens is 236 g/mol. The monoisotopic (exact) mass is 268 g/mol. The van der Waals surface area contributed by atoms with Gasteiger partial charge in [0.25, 0.3) is 0 Å². The fourth-order valence-electron chi connectivity index (χ4n) is 3.14. The second kappa shape index (κ2) is 7.88. The SMILES string of the molecule is CCN(C(=O)CCC(C)(C)CCN)C1CCCCC1. The molecule has 0 aromatic carbocycles. The highest BCUT2D eigenvalue weighted by atomic mass is 16.2. The second-order valence-electron chi connectivity index (χ2n) is 6.67. The van der Waals surface area contributed by atoms with Gasteiger partial charge in [0.1, 0.15) is 0 Å². The Bertz CT molecular complexity index is 270. The number of carbonyl (C=O) groups is 1. The van der Waals surface area contributed by atoms with Crippen molar-refractivity contribution in [1.82, 2.24) is 4.90 Å². The molecule has 3 heteroatoms. The number of nitrogens with zero attached hydrogens (tertiary/aromatic N) is 1. The van der Waals surface area contributed by atoms with E-state index in [9.17, 15) is 4.79 Å². The van der Waals surface area contributed by atoms with Gasteiger partial charge in [-0.2, -0.15) is 0 Å². The summed E-state index contributed by atoms with van der Waals surface area (Å²) in [4.78, 5) is 14.5. The highest BCUT2D eigenvalue weighted by molar-refractivity contribution is 5.76. The first-order valence-electron chi connectivity index (χ1n) is 7.99. The van der Waals surface area contributed by atoms with Crippen molar-refractivity contribution in [2.45, 2.75) is 78.2 Å². The van der Waals surface area contributed by atoms with Crippen LogP contribution in [0.5, 0.6) is 0 Å². The van der Waals surface area contributed by atoms with E-state index < -0.39 is 0 Å². The first-order chi connectivity index (χ1) is 9.00. The Labute approximate surface area is 118 Å². The molecule has 0 unspecified atom stereocenters. The van der Waals surface area contributed by atoms with Crippen molar-refractivity contribution >= 4 is 5.91 Å². The van der Waals surface area contributed by atoms with Crippen molar-refractivity contribution in [3.05, 3.63) is 0 Å². The van der Waals surface area contributed by atoms with E-state index in [0.717, 1.165) is 19.4 Å². The van der Waals surface area contributed by atoms with E-state index in [1.807, 2.05) is 0 Å². The van der Waals surface area contributed by atoms with Crippen LogP contribution in [0.3, 0.4) is 0 Å². The number of hydrogen-bond donors (Lipinski definition) is 1. The summed E-state index contributed by atoms with van der Waals surface area (Å²) in [5, 5.41) is 0. The van der Waals surface area contributed by atoms with Crippen LogP contribution in [0, 0.1) is 5.41 Å². The molecule has 1 amide bonds. The van der Waals surface area contributed by atoms with Crippen LogP contribution in [-0.2, 0) is 4.79 Å². The van der Waals surface area contributed by atoms with Crippen LogP contribution in [0.2, 0.25) is 0 Å². The highest BCUT2D eigenvalue weighted by Crippen LogP contribution is 2.28. The van der Waals surface area contributed by atoms with E-state index in [-0.39, 0.29) is 5.41 Å². The molecule has 1 saturated carbocycles. The average molecular weight is 268 g/mol. The zero-order valence-corrected chi connectivity index (χ0v) is 13.1. The Kier molecular flexibility index (Phi) is 6.84. The quantitative estimate of drug-likeness (QED) is 0.770. The lowest BCUT2D eigenvalue weighted by molar-refractivity contribution is -0.134. The number of carbonyl (C=O) groups excluding carboxylic acids is 1. The summed E-state index contributed by atoms with van der Waals surface area (Å²) < 4.78 is 0. The van der Waals surface area contributed by atoms with Crippen molar-refractivity contribution in [2.75, 3.05) is 13.1 Å². The number of rotatable bonds is 7. The van der Waals surface area contributed by atoms with Crippen molar-refractivity contribution in [1.29, 1.82) is 0 Å². The van der Waals surface area contributed by atoms with Crippen molar-refractivity contribution < 1.29 is 4.79 Å². The zero-order valence-electron chi connectivity index (χ0n) is 13.1. The van der Waals surface area contributed by atoms with Gasteiger partial charge >= 0.3 is 0 Å². The molecule has 0 atom stereocenters. The lowest BCUT2D eigenvalue weighted by atomic mass is 9.84. The van der Waals surface area contributed by atoms with Gasteiger partial charge in [0.15, 0.2) is 0 Å². The van der Waals surface area contributed by atoms with Gasteiger partial charge in [-0.1, -0.05) is 33.1 Å². The van der Waals surface area contributed by atoms with Gasteiger partial charge in [-0.05, 0) is 44.6 Å². The molecule has 0 saturated heterocycles. The number of nitrogens with two attached hydrogens (primary N) is 1. The van der Waals surface area contributed by atoms with E-state index in [2.05, 4.69) is 25.7 Å². The smallest absolute Gasteiger partial charge is 0.222 e. The van der Waals surface area contributed by atoms with Crippen LogP contribution in [0.4, 0.5) is 0 Å². The third kappa shape index (κ3) is 5.52. The molecule has 0 aromatic heterocycles. The molecule has 0 spiro atoms. The molecule has 0 radical (unpaired) electrons. The minimum Gasteiger partial charge on any atom is -0.340 e. The third-order valence-corrected chi connectivity index (χ3v) is 4.51. The predicted molar refractivity (Wildman–Crippen MR) is 80.9 cm³/mol. The molecule has 2 N–H and O–H groups in total. The molecule has 112 valence electrons. The van der Waals surface area contributed by atoms with Crippen molar-refractivity contribution in [3.8, 4) is 0 Å². The van der Waals surface area contributed by atoms with Gasteiger partial charge in [0.2, 0.25) is 5.91 Å². The fourth-order valence-corrected chi connectivity index (χ4v) is 3.14. The molecule has 19 heavy (non-hydrogen) atoms. The third-order valence-electron chi connectivity index (χ3n) is 4.51. The molecular formula is C16H32N2O. The maximum atomic E-state index is 12.4. The summed E-state index contributed by atoms with van der Waals surface area (Å²) in [6.07, 6.45) is 8.93. The highest BCUT2D eigenvalue weighted by Gasteiger charge is 2.25. The van der Waals surface area contributed by atoms with E-state index in [4.69, 9.17) is 5.73 Å². The molecule has 1 fully saturated rings. The van der Waals surface area contributed by atoms with Crippen LogP contribution < -0.4 is 5.73 Å². The average Bonchev–Trinajstić information content (AvgIpc) is 2.39. The van der Waals surface area contributed by atoms with Gasteiger partial charge in [-0.25, -0.2) is 0 Å². The van der Waals surface area contributed by atoms with Gasteiger partial charge < -0.3 is 10.6 Å². The number of hydrogen-bond acceptors (Lipinski definition) is 2. The van der Waals surface area contributed by atoms with Crippen LogP contribution in [0.25, 0.3) is 0 Å². The number of amides is 1. The summed E-state index contributed by atoms with van der Waals surface area (Å²) in [5.41, 5.74) is 5.82. The Balaban J connectivity index is 2.45. The lowest BCUT2D eigenvalue weighted by Gasteiger charge is -2.34. The normalized spacial score (nSPS) is 17.5. The molecule has 0 aromatic rings. The van der Waals surface area contributed by atoms with E-state index >= 15 is 0 Å². The van der Waals surface area contributed by atoms with E-state index in [0.29, 0.717) is 24.9 Å². The minimum atomic E-state index is 0.191. The molecule has 1 rings (SSSR count). The van der Waals surface area contributed by atoms with Crippen LogP contribution >= 0.6 is 0 Å². The standard InChI is InChI=1S/C16H32N2O/c1-4-18(14-8-6-5-7-9-14)15(19)10-11-16(2,3)12-13-17/h14H,4-13,17H2,1-3H3. The summed E-state index contributed by atoms with van der Waals surface area (Å²) in [5.74, 6) is 0.347. The summed E-state index contributed by atoms with van der Waals surface area (Å²) >= 11 is 0. The van der Waals surface area contributed by atoms with Crippen LogP contribution in [0.15, 0.2) is 0 Å².